The molecular formula is C9H17F3O. The van der Waals surface area contributed by atoms with Crippen LogP contribution in [0.2, 0.25) is 0 Å². The third kappa shape index (κ3) is 4.50. The molecule has 4 heteroatoms. The minimum absolute atomic E-state index is 0.00861. The molecule has 0 saturated heterocycles. The zero-order valence-corrected chi connectivity index (χ0v) is 8.53. The molecule has 0 heterocycles. The van der Waals surface area contributed by atoms with Crippen LogP contribution < -0.4 is 0 Å². The summed E-state index contributed by atoms with van der Waals surface area (Å²) in [7, 11) is 0. The minimum Gasteiger partial charge on any atom is -0.379 e. The van der Waals surface area contributed by atoms with E-state index in [1.165, 1.54) is 13.8 Å². The van der Waals surface area contributed by atoms with Crippen molar-refractivity contribution in [3.63, 3.8) is 0 Å². The Balaban J connectivity index is 3.90. The lowest BCUT2D eigenvalue weighted by atomic mass is 9.89. The molecule has 0 radical (unpaired) electrons. The van der Waals surface area contributed by atoms with Gasteiger partial charge in [0.15, 0.2) is 0 Å². The molecule has 0 aliphatic heterocycles. The van der Waals surface area contributed by atoms with Crippen molar-refractivity contribution in [2.24, 2.45) is 5.41 Å². The van der Waals surface area contributed by atoms with Crippen LogP contribution in [0.3, 0.4) is 0 Å². The van der Waals surface area contributed by atoms with E-state index in [1.807, 2.05) is 0 Å². The van der Waals surface area contributed by atoms with Crippen molar-refractivity contribution in [3.8, 4) is 0 Å². The monoisotopic (exact) mass is 198 g/mol. The van der Waals surface area contributed by atoms with Gasteiger partial charge in [0, 0.05) is 6.61 Å². The maximum Gasteiger partial charge on any atom is 0.394 e. The summed E-state index contributed by atoms with van der Waals surface area (Å²) in [6.07, 6.45) is -4.15. The number of alkyl halides is 3. The van der Waals surface area contributed by atoms with E-state index in [1.54, 1.807) is 13.8 Å². The Labute approximate surface area is 77.3 Å². The first-order chi connectivity index (χ1) is 5.67. The highest BCUT2D eigenvalue weighted by molar-refractivity contribution is 4.76. The van der Waals surface area contributed by atoms with Gasteiger partial charge in [0.2, 0.25) is 0 Å². The van der Waals surface area contributed by atoms with Gasteiger partial charge in [-0.1, -0.05) is 13.8 Å². The van der Waals surface area contributed by atoms with Gasteiger partial charge in [-0.2, -0.15) is 13.2 Å². The number of hydrogen-bond donors (Lipinski definition) is 0. The molecule has 1 nitrogen and oxygen atoms in total. The summed E-state index contributed by atoms with van der Waals surface area (Å²) in [5, 5.41) is 0. The Kier molecular flexibility index (Phi) is 4.23. The van der Waals surface area contributed by atoms with E-state index in [9.17, 15) is 13.2 Å². The lowest BCUT2D eigenvalue weighted by Gasteiger charge is -2.27. The van der Waals surface area contributed by atoms with Gasteiger partial charge in [-0.3, -0.25) is 0 Å². The smallest absolute Gasteiger partial charge is 0.379 e. The van der Waals surface area contributed by atoms with E-state index in [2.05, 4.69) is 0 Å². The quantitative estimate of drug-likeness (QED) is 0.672. The summed E-state index contributed by atoms with van der Waals surface area (Å²) in [5.74, 6) is 0. The van der Waals surface area contributed by atoms with Gasteiger partial charge >= 0.3 is 6.18 Å². The third-order valence-corrected chi connectivity index (χ3v) is 1.95. The van der Waals surface area contributed by atoms with E-state index < -0.39 is 11.6 Å². The topological polar surface area (TPSA) is 9.23 Å². The maximum atomic E-state index is 12.3. The molecule has 80 valence electrons. The van der Waals surface area contributed by atoms with Crippen LogP contribution in [0.15, 0.2) is 0 Å². The molecule has 0 aromatic heterocycles. The Morgan fingerprint density at radius 3 is 1.92 bits per heavy atom. The molecule has 0 aromatic rings. The van der Waals surface area contributed by atoms with Crippen LogP contribution in [0.1, 0.15) is 34.1 Å². The van der Waals surface area contributed by atoms with E-state index in [0.717, 1.165) is 0 Å². The molecular weight excluding hydrogens is 181 g/mol. The van der Waals surface area contributed by atoms with Crippen LogP contribution in [-0.4, -0.2) is 18.9 Å². The highest BCUT2D eigenvalue weighted by Crippen LogP contribution is 2.40. The Morgan fingerprint density at radius 1 is 1.15 bits per heavy atom. The van der Waals surface area contributed by atoms with E-state index in [0.29, 0.717) is 0 Å². The van der Waals surface area contributed by atoms with Crippen molar-refractivity contribution in [3.05, 3.63) is 0 Å². The van der Waals surface area contributed by atoms with Crippen LogP contribution in [0.5, 0.6) is 0 Å². The molecule has 13 heavy (non-hydrogen) atoms. The summed E-state index contributed by atoms with van der Waals surface area (Å²) in [6.45, 7) is 6.15. The fourth-order valence-electron chi connectivity index (χ4n) is 0.692. The second kappa shape index (κ2) is 4.31. The first-order valence-electron chi connectivity index (χ1n) is 4.35. The van der Waals surface area contributed by atoms with Crippen LogP contribution in [0, 0.1) is 5.41 Å². The summed E-state index contributed by atoms with van der Waals surface area (Å²) >= 11 is 0. The third-order valence-electron chi connectivity index (χ3n) is 1.95. The largest absolute Gasteiger partial charge is 0.394 e. The van der Waals surface area contributed by atoms with E-state index >= 15 is 0 Å². The minimum atomic E-state index is -4.15. The first-order valence-corrected chi connectivity index (χ1v) is 4.35. The molecule has 0 unspecified atom stereocenters. The van der Waals surface area contributed by atoms with Crippen molar-refractivity contribution >= 4 is 0 Å². The number of rotatable bonds is 4. The summed E-state index contributed by atoms with van der Waals surface area (Å²) in [5.41, 5.74) is -1.65. The van der Waals surface area contributed by atoms with Crippen molar-refractivity contribution in [1.82, 2.24) is 0 Å². The molecule has 0 fully saturated rings. The zero-order valence-electron chi connectivity index (χ0n) is 8.53. The summed E-state index contributed by atoms with van der Waals surface area (Å²) in [6, 6.07) is 0. The van der Waals surface area contributed by atoms with Crippen molar-refractivity contribution in [2.45, 2.75) is 46.4 Å². The molecule has 0 aliphatic carbocycles. The predicted molar refractivity (Wildman–Crippen MR) is 45.5 cm³/mol. The first kappa shape index (κ1) is 12.8. The van der Waals surface area contributed by atoms with Crippen molar-refractivity contribution < 1.29 is 17.9 Å². The fraction of sp³-hybridized carbons (Fsp3) is 1.00. The maximum absolute atomic E-state index is 12.3. The van der Waals surface area contributed by atoms with Crippen molar-refractivity contribution in [2.75, 3.05) is 6.61 Å². The van der Waals surface area contributed by atoms with Gasteiger partial charge < -0.3 is 4.74 Å². The van der Waals surface area contributed by atoms with Crippen LogP contribution >= 0.6 is 0 Å². The molecule has 0 rings (SSSR count). The Morgan fingerprint density at radius 2 is 1.62 bits per heavy atom. The lowest BCUT2D eigenvalue weighted by Crippen LogP contribution is -2.33. The van der Waals surface area contributed by atoms with E-state index in [4.69, 9.17) is 4.74 Å². The second-order valence-electron chi connectivity index (χ2n) is 4.05. The van der Waals surface area contributed by atoms with Crippen LogP contribution in [0.4, 0.5) is 13.2 Å². The number of halogens is 3. The van der Waals surface area contributed by atoms with Gasteiger partial charge in [-0.05, 0) is 20.3 Å². The highest BCUT2D eigenvalue weighted by atomic mass is 19.4. The van der Waals surface area contributed by atoms with Crippen LogP contribution in [-0.2, 0) is 4.74 Å². The molecule has 0 bridgehead atoms. The van der Waals surface area contributed by atoms with Crippen LogP contribution in [0.25, 0.3) is 0 Å². The van der Waals surface area contributed by atoms with Gasteiger partial charge in [0.25, 0.3) is 0 Å². The Bertz CT molecular complexity index is 149. The van der Waals surface area contributed by atoms with Gasteiger partial charge in [0.05, 0.1) is 11.5 Å². The van der Waals surface area contributed by atoms with Gasteiger partial charge in [-0.15, -0.1) is 0 Å². The average Bonchev–Trinajstić information content (AvgIpc) is 1.82. The molecule has 0 spiro atoms. The van der Waals surface area contributed by atoms with Gasteiger partial charge in [-0.25, -0.2) is 0 Å². The normalized spacial score (nSPS) is 13.8. The zero-order chi connectivity index (χ0) is 10.7. The van der Waals surface area contributed by atoms with Gasteiger partial charge in [0.1, 0.15) is 0 Å². The summed E-state index contributed by atoms with van der Waals surface area (Å²) in [4.78, 5) is 0. The molecule has 0 aliphatic rings. The average molecular weight is 198 g/mol. The molecule has 0 aromatic carbocycles. The van der Waals surface area contributed by atoms with E-state index in [-0.39, 0.29) is 19.1 Å². The SMILES string of the molecule is CC(C)OCCC(C)(C)C(F)(F)F. The standard InChI is InChI=1S/C9H17F3O/c1-7(2)13-6-5-8(3,4)9(10,11)12/h7H,5-6H2,1-4H3. The Hall–Kier alpha value is -0.250. The fourth-order valence-corrected chi connectivity index (χ4v) is 0.692. The molecule has 0 saturated carbocycles. The second-order valence-corrected chi connectivity index (χ2v) is 4.05. The number of ether oxygens (including phenoxy) is 1. The summed E-state index contributed by atoms with van der Waals surface area (Å²) < 4.78 is 42.0. The highest BCUT2D eigenvalue weighted by Gasteiger charge is 2.46. The van der Waals surface area contributed by atoms with Crippen molar-refractivity contribution in [1.29, 1.82) is 0 Å². The predicted octanol–water partition coefficient (Wildman–Crippen LogP) is 3.39. The molecule has 0 amide bonds. The number of hydrogen-bond acceptors (Lipinski definition) is 1. The lowest BCUT2D eigenvalue weighted by molar-refractivity contribution is -0.217. The molecule has 0 N–H and O–H groups in total. The molecule has 0 atom stereocenters.